The molecule has 0 radical (unpaired) electrons. The zero-order chi connectivity index (χ0) is 19.4. The van der Waals surface area contributed by atoms with Crippen molar-refractivity contribution in [2.75, 3.05) is 39.3 Å². The van der Waals surface area contributed by atoms with Gasteiger partial charge in [-0.05, 0) is 96.8 Å². The Morgan fingerprint density at radius 1 is 0.815 bits per heavy atom. The second kappa shape index (κ2) is 9.73. The second-order valence-corrected chi connectivity index (χ2v) is 10.1. The molecule has 0 aromatic rings. The van der Waals surface area contributed by atoms with Crippen molar-refractivity contribution < 1.29 is 4.79 Å². The van der Waals surface area contributed by atoms with E-state index in [1.54, 1.807) is 0 Å². The SMILES string of the molecule is CC(C)CC1CCN(C(=O)C2CCN(C3CCN(C(C)C)CC3)CC2)CC1. The molecule has 0 saturated carbocycles. The molecule has 3 heterocycles. The van der Waals surface area contributed by atoms with E-state index in [0.29, 0.717) is 17.9 Å². The van der Waals surface area contributed by atoms with Crippen molar-refractivity contribution in [1.29, 1.82) is 0 Å². The number of amides is 1. The fourth-order valence-electron chi connectivity index (χ4n) is 5.59. The van der Waals surface area contributed by atoms with Gasteiger partial charge in [0.2, 0.25) is 5.91 Å². The van der Waals surface area contributed by atoms with E-state index in [4.69, 9.17) is 0 Å². The van der Waals surface area contributed by atoms with Gasteiger partial charge in [-0.15, -0.1) is 0 Å². The van der Waals surface area contributed by atoms with Gasteiger partial charge in [0.1, 0.15) is 0 Å². The van der Waals surface area contributed by atoms with Crippen LogP contribution < -0.4 is 0 Å². The summed E-state index contributed by atoms with van der Waals surface area (Å²) in [5, 5.41) is 0. The van der Waals surface area contributed by atoms with Crippen LogP contribution >= 0.6 is 0 Å². The molecule has 156 valence electrons. The molecule has 3 saturated heterocycles. The Kier molecular flexibility index (Phi) is 7.61. The van der Waals surface area contributed by atoms with E-state index in [0.717, 1.165) is 56.9 Å². The average Bonchev–Trinajstić information content (AvgIpc) is 2.68. The molecule has 4 heteroatoms. The Hall–Kier alpha value is -0.610. The van der Waals surface area contributed by atoms with E-state index in [2.05, 4.69) is 42.4 Å². The third-order valence-corrected chi connectivity index (χ3v) is 7.36. The summed E-state index contributed by atoms with van der Waals surface area (Å²) in [6.45, 7) is 16.0. The number of piperidine rings is 3. The fourth-order valence-corrected chi connectivity index (χ4v) is 5.59. The third kappa shape index (κ3) is 5.69. The van der Waals surface area contributed by atoms with Gasteiger partial charge in [0, 0.05) is 31.1 Å². The molecule has 3 fully saturated rings. The molecular weight excluding hydrogens is 334 g/mol. The van der Waals surface area contributed by atoms with Gasteiger partial charge in [-0.25, -0.2) is 0 Å². The van der Waals surface area contributed by atoms with Crippen LogP contribution in [0.2, 0.25) is 0 Å². The van der Waals surface area contributed by atoms with E-state index in [1.165, 1.54) is 45.2 Å². The summed E-state index contributed by atoms with van der Waals surface area (Å²) in [4.78, 5) is 20.5. The zero-order valence-electron chi connectivity index (χ0n) is 18.3. The highest BCUT2D eigenvalue weighted by Crippen LogP contribution is 2.29. The third-order valence-electron chi connectivity index (χ3n) is 7.36. The lowest BCUT2D eigenvalue weighted by molar-refractivity contribution is -0.138. The summed E-state index contributed by atoms with van der Waals surface area (Å²) in [6.07, 6.45) is 8.54. The molecule has 3 aliphatic heterocycles. The van der Waals surface area contributed by atoms with Crippen LogP contribution in [0.4, 0.5) is 0 Å². The summed E-state index contributed by atoms with van der Waals surface area (Å²) < 4.78 is 0. The smallest absolute Gasteiger partial charge is 0.225 e. The molecule has 0 aliphatic carbocycles. The lowest BCUT2D eigenvalue weighted by Crippen LogP contribution is -2.51. The largest absolute Gasteiger partial charge is 0.342 e. The van der Waals surface area contributed by atoms with Gasteiger partial charge < -0.3 is 14.7 Å². The van der Waals surface area contributed by atoms with Crippen molar-refractivity contribution in [1.82, 2.24) is 14.7 Å². The average molecular weight is 378 g/mol. The van der Waals surface area contributed by atoms with Crippen LogP contribution in [0.3, 0.4) is 0 Å². The molecule has 4 nitrogen and oxygen atoms in total. The van der Waals surface area contributed by atoms with Crippen molar-refractivity contribution in [3.8, 4) is 0 Å². The van der Waals surface area contributed by atoms with Crippen LogP contribution in [0.25, 0.3) is 0 Å². The molecule has 0 unspecified atom stereocenters. The highest BCUT2D eigenvalue weighted by Gasteiger charge is 2.33. The number of nitrogens with zero attached hydrogens (tertiary/aromatic N) is 3. The van der Waals surface area contributed by atoms with E-state index in [9.17, 15) is 4.79 Å². The molecule has 27 heavy (non-hydrogen) atoms. The predicted molar refractivity (Wildman–Crippen MR) is 113 cm³/mol. The second-order valence-electron chi connectivity index (χ2n) is 10.1. The van der Waals surface area contributed by atoms with Crippen LogP contribution in [0.5, 0.6) is 0 Å². The Bertz CT molecular complexity index is 454. The zero-order valence-corrected chi connectivity index (χ0v) is 18.3. The van der Waals surface area contributed by atoms with E-state index >= 15 is 0 Å². The molecule has 0 N–H and O–H groups in total. The minimum absolute atomic E-state index is 0.290. The lowest BCUT2D eigenvalue weighted by Gasteiger charge is -2.43. The minimum atomic E-state index is 0.290. The number of hydrogen-bond donors (Lipinski definition) is 0. The highest BCUT2D eigenvalue weighted by atomic mass is 16.2. The first-order valence-corrected chi connectivity index (χ1v) is 11.7. The van der Waals surface area contributed by atoms with Gasteiger partial charge >= 0.3 is 0 Å². The topological polar surface area (TPSA) is 26.8 Å². The summed E-state index contributed by atoms with van der Waals surface area (Å²) >= 11 is 0. The van der Waals surface area contributed by atoms with Crippen LogP contribution in [0.15, 0.2) is 0 Å². The van der Waals surface area contributed by atoms with Crippen LogP contribution in [0, 0.1) is 17.8 Å². The molecule has 3 aliphatic rings. The van der Waals surface area contributed by atoms with Gasteiger partial charge in [0.25, 0.3) is 0 Å². The van der Waals surface area contributed by atoms with E-state index in [-0.39, 0.29) is 0 Å². The number of carbonyl (C=O) groups excluding carboxylic acids is 1. The van der Waals surface area contributed by atoms with Crippen LogP contribution in [-0.4, -0.2) is 72.0 Å². The lowest BCUT2D eigenvalue weighted by atomic mass is 9.87. The van der Waals surface area contributed by atoms with E-state index in [1.807, 2.05) is 0 Å². The number of carbonyl (C=O) groups is 1. The summed E-state index contributed by atoms with van der Waals surface area (Å²) in [7, 11) is 0. The first-order chi connectivity index (χ1) is 12.9. The highest BCUT2D eigenvalue weighted by molar-refractivity contribution is 5.79. The predicted octanol–water partition coefficient (Wildman–Crippen LogP) is 3.86. The molecule has 0 aromatic heterocycles. The summed E-state index contributed by atoms with van der Waals surface area (Å²) in [5.41, 5.74) is 0. The monoisotopic (exact) mass is 377 g/mol. The van der Waals surface area contributed by atoms with Gasteiger partial charge in [-0.2, -0.15) is 0 Å². The molecule has 1 amide bonds. The number of rotatable bonds is 5. The fraction of sp³-hybridized carbons (Fsp3) is 0.957. The quantitative estimate of drug-likeness (QED) is 0.728. The van der Waals surface area contributed by atoms with E-state index < -0.39 is 0 Å². The first kappa shape index (κ1) is 21.1. The summed E-state index contributed by atoms with van der Waals surface area (Å²) in [6, 6.07) is 1.43. The van der Waals surface area contributed by atoms with Crippen molar-refractivity contribution in [2.45, 2.75) is 84.7 Å². The van der Waals surface area contributed by atoms with Gasteiger partial charge in [0.15, 0.2) is 0 Å². The van der Waals surface area contributed by atoms with Gasteiger partial charge in [-0.3, -0.25) is 4.79 Å². The van der Waals surface area contributed by atoms with Crippen molar-refractivity contribution >= 4 is 5.91 Å². The first-order valence-electron chi connectivity index (χ1n) is 11.7. The Balaban J connectivity index is 1.39. The standard InChI is InChI=1S/C23H43N3O/c1-18(2)17-20-5-11-26(12-6-20)23(27)21-7-13-25(14-8-21)22-9-15-24(16-10-22)19(3)4/h18-22H,5-17H2,1-4H3. The molecule has 0 atom stereocenters. The molecular formula is C23H43N3O. The van der Waals surface area contributed by atoms with Crippen LogP contribution in [0.1, 0.15) is 72.6 Å². The minimum Gasteiger partial charge on any atom is -0.342 e. The van der Waals surface area contributed by atoms with Gasteiger partial charge in [0.05, 0.1) is 0 Å². The molecule has 0 aromatic carbocycles. The maximum Gasteiger partial charge on any atom is 0.225 e. The van der Waals surface area contributed by atoms with Crippen LogP contribution in [-0.2, 0) is 4.79 Å². The molecule has 3 rings (SSSR count). The van der Waals surface area contributed by atoms with Crippen molar-refractivity contribution in [3.63, 3.8) is 0 Å². The maximum absolute atomic E-state index is 13.0. The molecule has 0 spiro atoms. The normalized spacial score (nSPS) is 25.6. The maximum atomic E-state index is 13.0. The Morgan fingerprint density at radius 3 is 1.93 bits per heavy atom. The van der Waals surface area contributed by atoms with Gasteiger partial charge in [-0.1, -0.05) is 13.8 Å². The number of likely N-dealkylation sites (tertiary alicyclic amines) is 3. The summed E-state index contributed by atoms with van der Waals surface area (Å²) in [5.74, 6) is 2.38. The Labute approximate surface area is 167 Å². The van der Waals surface area contributed by atoms with Crippen molar-refractivity contribution in [3.05, 3.63) is 0 Å². The number of hydrogen-bond acceptors (Lipinski definition) is 3. The Morgan fingerprint density at radius 2 is 1.41 bits per heavy atom. The molecule has 0 bridgehead atoms. The van der Waals surface area contributed by atoms with Crippen molar-refractivity contribution in [2.24, 2.45) is 17.8 Å².